The number of imide groups is 1. The van der Waals surface area contributed by atoms with Gasteiger partial charge >= 0.3 is 6.55 Å². The van der Waals surface area contributed by atoms with Gasteiger partial charge in [-0.2, -0.15) is 8.78 Å². The first-order valence-electron chi connectivity index (χ1n) is 17.6. The fourth-order valence-electron chi connectivity index (χ4n) is 7.31. The van der Waals surface area contributed by atoms with Crippen molar-refractivity contribution >= 4 is 57.7 Å². The van der Waals surface area contributed by atoms with Crippen LogP contribution in [0, 0.1) is 24.7 Å². The molecule has 3 amide bonds. The van der Waals surface area contributed by atoms with Crippen LogP contribution in [0.2, 0.25) is 0 Å². The number of amides is 3. The summed E-state index contributed by atoms with van der Waals surface area (Å²) < 4.78 is 29.2. The van der Waals surface area contributed by atoms with E-state index in [1.807, 2.05) is 30.3 Å². The highest BCUT2D eigenvalue weighted by Gasteiger charge is 2.31. The molecule has 0 radical (unpaired) electrons. The van der Waals surface area contributed by atoms with Crippen molar-refractivity contribution in [1.29, 1.82) is 0 Å². The number of hydrogen-bond acceptors (Lipinski definition) is 8. The number of carbonyl (C=O) groups is 4. The number of piperazine rings is 1. The van der Waals surface area contributed by atoms with Crippen molar-refractivity contribution in [2.75, 3.05) is 62.7 Å². The van der Waals surface area contributed by atoms with Crippen LogP contribution in [0.25, 0.3) is 21.8 Å². The Morgan fingerprint density at radius 1 is 0.962 bits per heavy atom. The Labute approximate surface area is 301 Å². The molecular formula is C39H43F2N7O4. The van der Waals surface area contributed by atoms with Gasteiger partial charge in [-0.05, 0) is 68.1 Å². The van der Waals surface area contributed by atoms with Crippen molar-refractivity contribution in [3.05, 3.63) is 66.0 Å². The van der Waals surface area contributed by atoms with Crippen LogP contribution in [0.3, 0.4) is 0 Å². The molecule has 4 heterocycles. The van der Waals surface area contributed by atoms with Gasteiger partial charge in [0.2, 0.25) is 12.3 Å². The molecule has 0 saturated carbocycles. The molecule has 6 rings (SSSR count). The highest BCUT2D eigenvalue weighted by atomic mass is 19.3. The van der Waals surface area contributed by atoms with Gasteiger partial charge in [-0.25, -0.2) is 0 Å². The van der Waals surface area contributed by atoms with Gasteiger partial charge in [-0.15, -0.1) is 0 Å². The molecule has 2 aliphatic heterocycles. The van der Waals surface area contributed by atoms with Crippen LogP contribution in [-0.2, 0) is 14.4 Å². The van der Waals surface area contributed by atoms with Crippen LogP contribution in [-0.4, -0.2) is 103 Å². The second-order valence-corrected chi connectivity index (χ2v) is 13.3. The molecule has 4 aromatic rings. The Kier molecular flexibility index (Phi) is 11.4. The number of nitrogens with one attached hydrogen (secondary N) is 1. The number of likely N-dealkylation sites (N-methyl/N-ethyl adjacent to an activating group) is 1. The average molecular weight is 712 g/mol. The van der Waals surface area contributed by atoms with Gasteiger partial charge in [-0.3, -0.25) is 33.7 Å². The Morgan fingerprint density at radius 3 is 2.35 bits per heavy atom. The Hall–Kier alpha value is -5.35. The van der Waals surface area contributed by atoms with Gasteiger partial charge in [-0.1, -0.05) is 17.9 Å². The van der Waals surface area contributed by atoms with Gasteiger partial charge in [0.1, 0.15) is 12.3 Å². The topological polar surface area (TPSA) is 111 Å². The lowest BCUT2D eigenvalue weighted by Crippen LogP contribution is -2.48. The first-order chi connectivity index (χ1) is 25.2. The smallest absolute Gasteiger partial charge is 0.319 e. The van der Waals surface area contributed by atoms with E-state index in [1.165, 1.54) is 7.05 Å². The van der Waals surface area contributed by atoms with Gasteiger partial charge < -0.3 is 19.9 Å². The molecule has 1 atom stereocenters. The van der Waals surface area contributed by atoms with Crippen molar-refractivity contribution < 1.29 is 28.0 Å². The van der Waals surface area contributed by atoms with E-state index >= 15 is 0 Å². The summed E-state index contributed by atoms with van der Waals surface area (Å²) in [6.07, 6.45) is 6.12. The third-order valence-corrected chi connectivity index (χ3v) is 10.2. The van der Waals surface area contributed by atoms with Gasteiger partial charge in [0.05, 0.1) is 17.6 Å². The van der Waals surface area contributed by atoms with Crippen LogP contribution in [0.15, 0.2) is 54.9 Å². The number of alkyl halides is 2. The number of aryl methyl sites for hydroxylation is 1. The number of piperidine rings is 1. The van der Waals surface area contributed by atoms with E-state index in [0.29, 0.717) is 41.4 Å². The second kappa shape index (κ2) is 16.3. The lowest BCUT2D eigenvalue weighted by molar-refractivity contribution is -0.131. The molecule has 13 heteroatoms. The molecule has 2 fully saturated rings. The highest BCUT2D eigenvalue weighted by Crippen LogP contribution is 2.35. The molecule has 2 aromatic heterocycles. The minimum atomic E-state index is -2.64. The lowest BCUT2D eigenvalue weighted by Gasteiger charge is -2.35. The second-order valence-electron chi connectivity index (χ2n) is 13.3. The molecule has 0 spiro atoms. The predicted molar refractivity (Wildman–Crippen MR) is 196 cm³/mol. The molecule has 2 aliphatic rings. The molecule has 0 bridgehead atoms. The van der Waals surface area contributed by atoms with E-state index in [4.69, 9.17) is 0 Å². The summed E-state index contributed by atoms with van der Waals surface area (Å²) in [4.78, 5) is 60.4. The fourth-order valence-corrected chi connectivity index (χ4v) is 7.31. The third-order valence-electron chi connectivity index (χ3n) is 10.2. The average Bonchev–Trinajstić information content (AvgIpc) is 3.50. The molecule has 1 unspecified atom stereocenters. The van der Waals surface area contributed by atoms with Gasteiger partial charge in [0.25, 0.3) is 5.91 Å². The van der Waals surface area contributed by atoms with E-state index in [9.17, 15) is 28.0 Å². The molecule has 272 valence electrons. The molecular weight excluding hydrogens is 668 g/mol. The maximum atomic E-state index is 14.1. The maximum Gasteiger partial charge on any atom is 0.319 e. The Bertz CT molecular complexity index is 2010. The van der Waals surface area contributed by atoms with E-state index in [1.54, 1.807) is 31.5 Å². The molecule has 0 aliphatic carbocycles. The summed E-state index contributed by atoms with van der Waals surface area (Å²) in [6.45, 7) is 4.73. The summed E-state index contributed by atoms with van der Waals surface area (Å²) in [5.41, 5.74) is 3.92. The summed E-state index contributed by atoms with van der Waals surface area (Å²) in [6, 6.07) is 11.8. The number of aromatic nitrogens is 2. The first kappa shape index (κ1) is 36.4. The standard InChI is InChI=1S/C39H43F2N7O4/c1-27-23-29(7-9-31(27)38(52)47(26-50)35(6-4-22-49)37(51)42-2)46-20-18-44(19-21-46)15-3-5-28-12-16-45(17-13-28)30-8-10-32-33-25-43-14-11-34(33)48(39(40)41)36(32)24-30/h7-11,14,22-26,28,35,39H,4,6,12-13,15-21H2,1-2H3,(H,42,51). The van der Waals surface area contributed by atoms with Gasteiger partial charge in [0, 0.05) is 98.8 Å². The van der Waals surface area contributed by atoms with Crippen molar-refractivity contribution in [1.82, 2.24) is 24.7 Å². The number of carbonyl (C=O) groups excluding carboxylic acids is 4. The summed E-state index contributed by atoms with van der Waals surface area (Å²) in [7, 11) is 1.42. The summed E-state index contributed by atoms with van der Waals surface area (Å²) >= 11 is 0. The quantitative estimate of drug-likeness (QED) is 0.177. The number of aldehydes is 1. The Morgan fingerprint density at radius 2 is 1.67 bits per heavy atom. The number of anilines is 2. The van der Waals surface area contributed by atoms with Crippen molar-refractivity contribution in [3.8, 4) is 11.8 Å². The van der Waals surface area contributed by atoms with Crippen LogP contribution >= 0.6 is 0 Å². The number of benzene rings is 2. The number of halogens is 2. The zero-order chi connectivity index (χ0) is 36.8. The Balaban J connectivity index is 0.998. The molecule has 52 heavy (non-hydrogen) atoms. The SMILES string of the molecule is CNC(=O)C(CCC=O)N(C=O)C(=O)c1ccc(N2CCN(CC#CC3CCN(c4ccc5c6cnccc6n(C(F)F)c5c4)CC3)CC2)cc1C. The van der Waals surface area contributed by atoms with Crippen LogP contribution in [0.4, 0.5) is 20.2 Å². The monoisotopic (exact) mass is 711 g/mol. The number of nitrogens with zero attached hydrogens (tertiary/aromatic N) is 6. The molecule has 1 N–H and O–H groups in total. The minimum absolute atomic E-state index is 0.0453. The maximum absolute atomic E-state index is 14.1. The number of rotatable bonds is 11. The van der Waals surface area contributed by atoms with Crippen LogP contribution in [0.1, 0.15) is 48.2 Å². The van der Waals surface area contributed by atoms with E-state index in [-0.39, 0.29) is 18.8 Å². The van der Waals surface area contributed by atoms with E-state index < -0.39 is 24.4 Å². The predicted octanol–water partition coefficient (Wildman–Crippen LogP) is 4.63. The van der Waals surface area contributed by atoms with Crippen molar-refractivity contribution in [2.45, 2.75) is 45.2 Å². The summed E-state index contributed by atoms with van der Waals surface area (Å²) in [5.74, 6) is 6.08. The molecule has 2 saturated heterocycles. The summed E-state index contributed by atoms with van der Waals surface area (Å²) in [5, 5.41) is 3.97. The highest BCUT2D eigenvalue weighted by molar-refractivity contribution is 6.08. The number of fused-ring (bicyclic) bond motifs is 3. The third kappa shape index (κ3) is 7.62. The normalized spacial score (nSPS) is 16.1. The molecule has 2 aromatic carbocycles. The van der Waals surface area contributed by atoms with E-state index in [0.717, 1.165) is 83.7 Å². The zero-order valence-corrected chi connectivity index (χ0v) is 29.4. The first-order valence-corrected chi connectivity index (χ1v) is 17.6. The van der Waals surface area contributed by atoms with Gasteiger partial charge in [0.15, 0.2) is 0 Å². The largest absolute Gasteiger partial charge is 0.371 e. The number of hydrogen-bond donors (Lipinski definition) is 1. The van der Waals surface area contributed by atoms with Crippen molar-refractivity contribution in [2.24, 2.45) is 5.92 Å². The van der Waals surface area contributed by atoms with Crippen molar-refractivity contribution in [3.63, 3.8) is 0 Å². The molecule has 11 nitrogen and oxygen atoms in total. The fraction of sp³-hybridized carbons (Fsp3) is 0.410. The number of pyridine rings is 1. The van der Waals surface area contributed by atoms with E-state index in [2.05, 4.69) is 36.8 Å². The lowest BCUT2D eigenvalue weighted by atomic mass is 9.97. The van der Waals surface area contributed by atoms with Crippen LogP contribution < -0.4 is 15.1 Å². The zero-order valence-electron chi connectivity index (χ0n) is 29.4. The minimum Gasteiger partial charge on any atom is -0.371 e. The van der Waals surface area contributed by atoms with Crippen LogP contribution in [0.5, 0.6) is 0 Å².